The molecule has 1 atom stereocenters. The minimum atomic E-state index is -0.100. The van der Waals surface area contributed by atoms with E-state index in [0.29, 0.717) is 0 Å². The molecule has 0 radical (unpaired) electrons. The molecule has 3 nitrogen and oxygen atoms in total. The maximum absolute atomic E-state index is 10.7. The molecular weight excluding hydrogens is 130 g/mol. The van der Waals surface area contributed by atoms with Crippen molar-refractivity contribution in [3.05, 3.63) is 0 Å². The standard InChI is InChI=1S/C7H14O2.H3N/c1-4-5-6(2)7(8)9-3;/h6H,4-5H2,1-3H3;1H3. The van der Waals surface area contributed by atoms with Gasteiger partial charge in [-0.25, -0.2) is 0 Å². The van der Waals surface area contributed by atoms with Crippen LogP contribution in [0.3, 0.4) is 0 Å². The average Bonchev–Trinajstić information content (AvgIpc) is 1.87. The maximum atomic E-state index is 10.7. The van der Waals surface area contributed by atoms with Crippen molar-refractivity contribution in [2.45, 2.75) is 26.7 Å². The molecule has 62 valence electrons. The number of esters is 1. The largest absolute Gasteiger partial charge is 0.469 e. The number of rotatable bonds is 3. The summed E-state index contributed by atoms with van der Waals surface area (Å²) in [6.45, 7) is 3.94. The Morgan fingerprint density at radius 2 is 2.10 bits per heavy atom. The molecule has 1 unspecified atom stereocenters. The Hall–Kier alpha value is -0.570. The van der Waals surface area contributed by atoms with Crippen LogP contribution in [0, 0.1) is 5.92 Å². The van der Waals surface area contributed by atoms with Gasteiger partial charge in [-0.3, -0.25) is 4.79 Å². The van der Waals surface area contributed by atoms with E-state index in [2.05, 4.69) is 11.7 Å². The Morgan fingerprint density at radius 3 is 2.40 bits per heavy atom. The van der Waals surface area contributed by atoms with E-state index in [0.717, 1.165) is 12.8 Å². The summed E-state index contributed by atoms with van der Waals surface area (Å²) in [5, 5.41) is 0. The lowest BCUT2D eigenvalue weighted by Crippen LogP contribution is -2.11. The highest BCUT2D eigenvalue weighted by Crippen LogP contribution is 2.05. The molecule has 0 aliphatic carbocycles. The van der Waals surface area contributed by atoms with E-state index in [9.17, 15) is 4.79 Å². The van der Waals surface area contributed by atoms with E-state index in [4.69, 9.17) is 0 Å². The van der Waals surface area contributed by atoms with E-state index in [1.54, 1.807) is 0 Å². The topological polar surface area (TPSA) is 61.3 Å². The normalized spacial score (nSPS) is 11.5. The molecular formula is C7H17NO2. The molecule has 0 aromatic carbocycles. The third-order valence-electron chi connectivity index (χ3n) is 1.33. The lowest BCUT2D eigenvalue weighted by Gasteiger charge is -2.05. The van der Waals surface area contributed by atoms with Gasteiger partial charge in [0, 0.05) is 0 Å². The number of hydrogen-bond donors (Lipinski definition) is 1. The first-order chi connectivity index (χ1) is 4.22. The van der Waals surface area contributed by atoms with Crippen molar-refractivity contribution in [1.82, 2.24) is 6.15 Å². The van der Waals surface area contributed by atoms with Crippen molar-refractivity contribution >= 4 is 5.97 Å². The molecule has 0 saturated carbocycles. The Morgan fingerprint density at radius 1 is 1.60 bits per heavy atom. The van der Waals surface area contributed by atoms with Gasteiger partial charge in [0.1, 0.15) is 0 Å². The highest BCUT2D eigenvalue weighted by Gasteiger charge is 2.10. The molecule has 0 aromatic heterocycles. The van der Waals surface area contributed by atoms with Crippen LogP contribution in [0.25, 0.3) is 0 Å². The predicted molar refractivity (Wildman–Crippen MR) is 41.1 cm³/mol. The summed E-state index contributed by atoms with van der Waals surface area (Å²) < 4.78 is 4.53. The predicted octanol–water partition coefficient (Wildman–Crippen LogP) is 1.76. The van der Waals surface area contributed by atoms with Crippen molar-refractivity contribution in [2.75, 3.05) is 7.11 Å². The van der Waals surface area contributed by atoms with E-state index >= 15 is 0 Å². The fourth-order valence-electron chi connectivity index (χ4n) is 0.752. The fourth-order valence-corrected chi connectivity index (χ4v) is 0.752. The highest BCUT2D eigenvalue weighted by atomic mass is 16.5. The lowest BCUT2D eigenvalue weighted by molar-refractivity contribution is -0.145. The van der Waals surface area contributed by atoms with Crippen LogP contribution >= 0.6 is 0 Å². The van der Waals surface area contributed by atoms with Crippen molar-refractivity contribution in [1.29, 1.82) is 0 Å². The van der Waals surface area contributed by atoms with Gasteiger partial charge in [0.15, 0.2) is 0 Å². The monoisotopic (exact) mass is 147 g/mol. The van der Waals surface area contributed by atoms with Crippen molar-refractivity contribution in [3.8, 4) is 0 Å². The first-order valence-corrected chi connectivity index (χ1v) is 3.30. The van der Waals surface area contributed by atoms with Gasteiger partial charge in [0.05, 0.1) is 13.0 Å². The van der Waals surface area contributed by atoms with Gasteiger partial charge in [-0.15, -0.1) is 0 Å². The van der Waals surface area contributed by atoms with Gasteiger partial charge in [0.2, 0.25) is 0 Å². The first-order valence-electron chi connectivity index (χ1n) is 3.30. The molecule has 0 aromatic rings. The zero-order chi connectivity index (χ0) is 7.28. The molecule has 0 heterocycles. The number of hydrogen-bond acceptors (Lipinski definition) is 3. The molecule has 0 bridgehead atoms. The Balaban J connectivity index is 0. The SMILES string of the molecule is CCCC(C)C(=O)OC.N. The molecule has 3 heteroatoms. The Bertz CT molecular complexity index is 93.6. The van der Waals surface area contributed by atoms with Crippen molar-refractivity contribution in [2.24, 2.45) is 5.92 Å². The molecule has 0 amide bonds. The summed E-state index contributed by atoms with van der Waals surface area (Å²) in [6, 6.07) is 0. The summed E-state index contributed by atoms with van der Waals surface area (Å²) in [6.07, 6.45) is 1.96. The van der Waals surface area contributed by atoms with Gasteiger partial charge in [-0.1, -0.05) is 20.3 Å². The summed E-state index contributed by atoms with van der Waals surface area (Å²) >= 11 is 0. The van der Waals surface area contributed by atoms with Crippen molar-refractivity contribution < 1.29 is 9.53 Å². The summed E-state index contributed by atoms with van der Waals surface area (Å²) in [4.78, 5) is 10.7. The fraction of sp³-hybridized carbons (Fsp3) is 0.857. The average molecular weight is 147 g/mol. The van der Waals surface area contributed by atoms with Crippen LogP contribution in [-0.2, 0) is 9.53 Å². The number of methoxy groups -OCH3 is 1. The number of ether oxygens (including phenoxy) is 1. The third-order valence-corrected chi connectivity index (χ3v) is 1.33. The van der Waals surface area contributed by atoms with Crippen LogP contribution in [0.4, 0.5) is 0 Å². The molecule has 0 aliphatic rings. The summed E-state index contributed by atoms with van der Waals surface area (Å²) in [7, 11) is 1.43. The Labute approximate surface area is 62.3 Å². The molecule has 10 heavy (non-hydrogen) atoms. The molecule has 0 fully saturated rings. The van der Waals surface area contributed by atoms with Gasteiger partial charge >= 0.3 is 5.97 Å². The molecule has 0 saturated heterocycles. The smallest absolute Gasteiger partial charge is 0.308 e. The third kappa shape index (κ3) is 4.32. The lowest BCUT2D eigenvalue weighted by atomic mass is 10.1. The second-order valence-electron chi connectivity index (χ2n) is 2.21. The molecule has 0 spiro atoms. The van der Waals surface area contributed by atoms with Crippen LogP contribution in [0.2, 0.25) is 0 Å². The number of carbonyl (C=O) groups is 1. The van der Waals surface area contributed by atoms with E-state index in [-0.39, 0.29) is 18.0 Å². The minimum Gasteiger partial charge on any atom is -0.469 e. The van der Waals surface area contributed by atoms with Gasteiger partial charge < -0.3 is 10.9 Å². The highest BCUT2D eigenvalue weighted by molar-refractivity contribution is 5.71. The molecule has 3 N–H and O–H groups in total. The van der Waals surface area contributed by atoms with Gasteiger partial charge in [-0.2, -0.15) is 0 Å². The second kappa shape index (κ2) is 6.55. The van der Waals surface area contributed by atoms with Crippen LogP contribution in [0.1, 0.15) is 26.7 Å². The zero-order valence-electron chi connectivity index (χ0n) is 7.02. The van der Waals surface area contributed by atoms with Gasteiger partial charge in [0.25, 0.3) is 0 Å². The molecule has 0 rings (SSSR count). The number of carbonyl (C=O) groups excluding carboxylic acids is 1. The summed E-state index contributed by atoms with van der Waals surface area (Å²) in [5.41, 5.74) is 0. The summed E-state index contributed by atoms with van der Waals surface area (Å²) in [5.74, 6) is -0.0307. The van der Waals surface area contributed by atoms with Crippen LogP contribution < -0.4 is 6.15 Å². The zero-order valence-corrected chi connectivity index (χ0v) is 7.02. The molecule has 0 aliphatic heterocycles. The maximum Gasteiger partial charge on any atom is 0.308 e. The van der Waals surface area contributed by atoms with E-state index < -0.39 is 0 Å². The first kappa shape index (κ1) is 12.1. The van der Waals surface area contributed by atoms with Crippen LogP contribution in [0.15, 0.2) is 0 Å². The van der Waals surface area contributed by atoms with E-state index in [1.807, 2.05) is 6.92 Å². The van der Waals surface area contributed by atoms with Gasteiger partial charge in [-0.05, 0) is 6.42 Å². The van der Waals surface area contributed by atoms with Crippen molar-refractivity contribution in [3.63, 3.8) is 0 Å². The second-order valence-corrected chi connectivity index (χ2v) is 2.21. The quantitative estimate of drug-likeness (QED) is 0.619. The van der Waals surface area contributed by atoms with E-state index in [1.165, 1.54) is 7.11 Å². The minimum absolute atomic E-state index is 0. The van der Waals surface area contributed by atoms with Crippen LogP contribution in [0.5, 0.6) is 0 Å². The Kier molecular flexibility index (Phi) is 7.95. The van der Waals surface area contributed by atoms with Crippen LogP contribution in [-0.4, -0.2) is 13.1 Å².